The molecule has 0 radical (unpaired) electrons. The molecule has 2 N–H and O–H groups in total. The monoisotopic (exact) mass is 361 g/mol. The van der Waals surface area contributed by atoms with Crippen LogP contribution in [0, 0.1) is 5.92 Å². The second kappa shape index (κ2) is 8.48. The minimum absolute atomic E-state index is 0.300. The Morgan fingerprint density at radius 2 is 1.92 bits per heavy atom. The van der Waals surface area contributed by atoms with Gasteiger partial charge in [0, 0.05) is 12.7 Å². The minimum Gasteiger partial charge on any atom is -0.465 e. The van der Waals surface area contributed by atoms with Gasteiger partial charge in [0.15, 0.2) is 0 Å². The van der Waals surface area contributed by atoms with Gasteiger partial charge in [0.2, 0.25) is 0 Å². The van der Waals surface area contributed by atoms with Gasteiger partial charge in [0.05, 0.1) is 28.9 Å². The number of nitrogens with one attached hydrogen (secondary N) is 2. The van der Waals surface area contributed by atoms with E-state index >= 15 is 0 Å². The lowest BCUT2D eigenvalue weighted by molar-refractivity contribution is 0.0600. The van der Waals surface area contributed by atoms with Crippen molar-refractivity contribution in [2.75, 3.05) is 24.3 Å². The molecule has 7 heteroatoms. The van der Waals surface area contributed by atoms with Crippen LogP contribution in [-0.2, 0) is 4.74 Å². The normalized spacial score (nSPS) is 10.4. The molecule has 1 aromatic carbocycles. The first-order valence-electron chi connectivity index (χ1n) is 7.80. The van der Waals surface area contributed by atoms with Crippen LogP contribution in [-0.4, -0.2) is 30.5 Å². The van der Waals surface area contributed by atoms with Crippen molar-refractivity contribution in [3.63, 3.8) is 0 Å². The van der Waals surface area contributed by atoms with E-state index in [-0.39, 0.29) is 5.91 Å². The van der Waals surface area contributed by atoms with Crippen LogP contribution in [0.15, 0.2) is 36.5 Å². The van der Waals surface area contributed by atoms with E-state index in [0.717, 1.165) is 6.54 Å². The van der Waals surface area contributed by atoms with Crippen LogP contribution < -0.4 is 10.6 Å². The van der Waals surface area contributed by atoms with E-state index in [1.165, 1.54) is 31.5 Å². The zero-order valence-electron chi connectivity index (χ0n) is 14.3. The van der Waals surface area contributed by atoms with Crippen molar-refractivity contribution in [2.45, 2.75) is 13.8 Å². The van der Waals surface area contributed by atoms with Crippen molar-refractivity contribution in [3.05, 3.63) is 52.7 Å². The highest BCUT2D eigenvalue weighted by Gasteiger charge is 2.13. The average molecular weight is 362 g/mol. The Labute approximate surface area is 151 Å². The van der Waals surface area contributed by atoms with Gasteiger partial charge in [-0.3, -0.25) is 4.79 Å². The first-order chi connectivity index (χ1) is 11.9. The standard InChI is InChI=1S/C18H20ClN3O3/c1-11(2)9-20-16-7-5-13(10-21-16)17(23)22-15-8-12(18(24)25-3)4-6-14(15)19/h4-8,10-11H,9H2,1-3H3,(H,20,21)(H,22,23). The average Bonchev–Trinajstić information content (AvgIpc) is 2.61. The molecule has 0 bridgehead atoms. The molecule has 0 atom stereocenters. The van der Waals surface area contributed by atoms with Gasteiger partial charge in [-0.15, -0.1) is 0 Å². The Balaban J connectivity index is 2.10. The fraction of sp³-hybridized carbons (Fsp3) is 0.278. The summed E-state index contributed by atoms with van der Waals surface area (Å²) >= 11 is 6.08. The summed E-state index contributed by atoms with van der Waals surface area (Å²) in [5.74, 6) is 0.325. The van der Waals surface area contributed by atoms with Gasteiger partial charge in [-0.1, -0.05) is 25.4 Å². The third-order valence-corrected chi connectivity index (χ3v) is 3.68. The summed E-state index contributed by atoms with van der Waals surface area (Å²) in [5.41, 5.74) is 1.01. The Morgan fingerprint density at radius 3 is 2.52 bits per heavy atom. The van der Waals surface area contributed by atoms with Crippen molar-refractivity contribution in [2.24, 2.45) is 5.92 Å². The van der Waals surface area contributed by atoms with Crippen LogP contribution in [0.5, 0.6) is 0 Å². The van der Waals surface area contributed by atoms with Crippen LogP contribution in [0.4, 0.5) is 11.5 Å². The smallest absolute Gasteiger partial charge is 0.337 e. The molecule has 0 saturated carbocycles. The molecule has 0 saturated heterocycles. The number of hydrogen-bond donors (Lipinski definition) is 2. The van der Waals surface area contributed by atoms with Crippen LogP contribution in [0.1, 0.15) is 34.6 Å². The van der Waals surface area contributed by atoms with Crippen molar-refractivity contribution in [1.82, 2.24) is 4.98 Å². The lowest BCUT2D eigenvalue weighted by Crippen LogP contribution is -2.14. The molecule has 25 heavy (non-hydrogen) atoms. The van der Waals surface area contributed by atoms with Crippen molar-refractivity contribution >= 4 is 35.0 Å². The first-order valence-corrected chi connectivity index (χ1v) is 8.17. The van der Waals surface area contributed by atoms with Crippen LogP contribution in [0.2, 0.25) is 5.02 Å². The quantitative estimate of drug-likeness (QED) is 0.764. The number of benzene rings is 1. The number of rotatable bonds is 6. The SMILES string of the molecule is COC(=O)c1ccc(Cl)c(NC(=O)c2ccc(NCC(C)C)nc2)c1. The number of halogens is 1. The number of aromatic nitrogens is 1. The molecule has 1 heterocycles. The van der Waals surface area contributed by atoms with Crippen LogP contribution >= 0.6 is 11.6 Å². The largest absolute Gasteiger partial charge is 0.465 e. The number of carbonyl (C=O) groups excluding carboxylic acids is 2. The lowest BCUT2D eigenvalue weighted by atomic mass is 10.2. The van der Waals surface area contributed by atoms with Crippen molar-refractivity contribution in [1.29, 1.82) is 0 Å². The lowest BCUT2D eigenvalue weighted by Gasteiger charge is -2.10. The predicted octanol–water partition coefficient (Wildman–Crippen LogP) is 3.84. The van der Waals surface area contributed by atoms with Gasteiger partial charge in [0.1, 0.15) is 5.82 Å². The highest BCUT2D eigenvalue weighted by molar-refractivity contribution is 6.34. The number of esters is 1. The summed E-state index contributed by atoms with van der Waals surface area (Å²) in [6.07, 6.45) is 1.48. The molecule has 1 aromatic heterocycles. The Morgan fingerprint density at radius 1 is 1.20 bits per heavy atom. The maximum absolute atomic E-state index is 12.3. The van der Waals surface area contributed by atoms with Crippen LogP contribution in [0.3, 0.4) is 0 Å². The second-order valence-corrected chi connectivity index (χ2v) is 6.25. The van der Waals surface area contributed by atoms with Crippen LogP contribution in [0.25, 0.3) is 0 Å². The predicted molar refractivity (Wildman–Crippen MR) is 98.3 cm³/mol. The van der Waals surface area contributed by atoms with E-state index in [1.807, 2.05) is 0 Å². The molecule has 1 amide bonds. The fourth-order valence-corrected chi connectivity index (χ4v) is 2.17. The maximum atomic E-state index is 12.3. The molecule has 6 nitrogen and oxygen atoms in total. The Hall–Kier alpha value is -2.60. The van der Waals surface area contributed by atoms with Gasteiger partial charge in [-0.2, -0.15) is 0 Å². The number of nitrogens with zero attached hydrogens (tertiary/aromatic N) is 1. The third-order valence-electron chi connectivity index (χ3n) is 3.35. The zero-order chi connectivity index (χ0) is 18.4. The topological polar surface area (TPSA) is 80.3 Å². The first kappa shape index (κ1) is 18.7. The highest BCUT2D eigenvalue weighted by Crippen LogP contribution is 2.24. The van der Waals surface area contributed by atoms with Gasteiger partial charge in [-0.25, -0.2) is 9.78 Å². The van der Waals surface area contributed by atoms with E-state index in [0.29, 0.717) is 33.6 Å². The number of hydrogen-bond acceptors (Lipinski definition) is 5. The van der Waals surface area contributed by atoms with E-state index in [4.69, 9.17) is 11.6 Å². The Kier molecular flexibility index (Phi) is 6.36. The number of pyridine rings is 1. The Bertz CT molecular complexity index is 761. The van der Waals surface area contributed by atoms with E-state index in [1.54, 1.807) is 12.1 Å². The van der Waals surface area contributed by atoms with Gasteiger partial charge >= 0.3 is 5.97 Å². The van der Waals surface area contributed by atoms with Gasteiger partial charge < -0.3 is 15.4 Å². The molecule has 0 aliphatic carbocycles. The summed E-state index contributed by atoms with van der Waals surface area (Å²) in [5, 5.41) is 6.18. The summed E-state index contributed by atoms with van der Waals surface area (Å²) in [4.78, 5) is 28.1. The number of methoxy groups -OCH3 is 1. The second-order valence-electron chi connectivity index (χ2n) is 5.85. The molecule has 0 aliphatic heterocycles. The van der Waals surface area contributed by atoms with E-state index < -0.39 is 5.97 Å². The van der Waals surface area contributed by atoms with Gasteiger partial charge in [0.25, 0.3) is 5.91 Å². The number of anilines is 2. The summed E-state index contributed by atoms with van der Waals surface area (Å²) in [6.45, 7) is 5.00. The molecule has 2 rings (SSSR count). The molecule has 0 unspecified atom stereocenters. The van der Waals surface area contributed by atoms with E-state index in [9.17, 15) is 9.59 Å². The van der Waals surface area contributed by atoms with Gasteiger partial charge in [-0.05, 0) is 36.2 Å². The molecular formula is C18H20ClN3O3. The molecule has 2 aromatic rings. The zero-order valence-corrected chi connectivity index (χ0v) is 15.1. The molecule has 0 fully saturated rings. The van der Waals surface area contributed by atoms with E-state index in [2.05, 4.69) is 34.2 Å². The molecular weight excluding hydrogens is 342 g/mol. The summed E-state index contributed by atoms with van der Waals surface area (Å²) < 4.78 is 4.66. The molecule has 0 spiro atoms. The third kappa shape index (κ3) is 5.19. The minimum atomic E-state index is -0.505. The molecule has 132 valence electrons. The summed E-state index contributed by atoms with van der Waals surface area (Å²) in [6, 6.07) is 7.94. The molecule has 0 aliphatic rings. The summed E-state index contributed by atoms with van der Waals surface area (Å²) in [7, 11) is 1.29. The fourth-order valence-electron chi connectivity index (χ4n) is 2.00. The number of amides is 1. The van der Waals surface area contributed by atoms with Crippen molar-refractivity contribution in [3.8, 4) is 0 Å². The van der Waals surface area contributed by atoms with Crippen molar-refractivity contribution < 1.29 is 14.3 Å². The number of ether oxygens (including phenoxy) is 1. The highest BCUT2D eigenvalue weighted by atomic mass is 35.5. The maximum Gasteiger partial charge on any atom is 0.337 e. The number of carbonyl (C=O) groups is 2.